The maximum Gasteiger partial charge on any atom is 0.105 e. The van der Waals surface area contributed by atoms with Gasteiger partial charge in [0.1, 0.15) is 5.84 Å². The average molecular weight is 202 g/mol. The Labute approximate surface area is 88.7 Å². The third-order valence-electron chi connectivity index (χ3n) is 2.30. The minimum absolute atomic E-state index is 0.615. The number of anilines is 2. The van der Waals surface area contributed by atoms with E-state index >= 15 is 0 Å². The van der Waals surface area contributed by atoms with Gasteiger partial charge in [-0.05, 0) is 17.7 Å². The van der Waals surface area contributed by atoms with E-state index in [0.717, 1.165) is 23.5 Å². The van der Waals surface area contributed by atoms with E-state index in [1.165, 1.54) is 0 Å². The maximum absolute atomic E-state index is 5.72. The second kappa shape index (κ2) is 3.65. The quantitative estimate of drug-likeness (QED) is 0.624. The summed E-state index contributed by atoms with van der Waals surface area (Å²) >= 11 is 0. The van der Waals surface area contributed by atoms with Gasteiger partial charge in [0.15, 0.2) is 0 Å². The summed E-state index contributed by atoms with van der Waals surface area (Å²) < 4.78 is 0. The second-order valence-electron chi connectivity index (χ2n) is 3.63. The van der Waals surface area contributed by atoms with Crippen molar-refractivity contribution in [2.24, 2.45) is 4.99 Å². The molecule has 1 aromatic carbocycles. The van der Waals surface area contributed by atoms with Gasteiger partial charge in [-0.15, -0.1) is 0 Å². The third kappa shape index (κ3) is 2.10. The molecule has 0 aliphatic carbocycles. The van der Waals surface area contributed by atoms with E-state index in [-0.39, 0.29) is 0 Å². The monoisotopic (exact) mass is 202 g/mol. The second-order valence-corrected chi connectivity index (χ2v) is 3.63. The smallest absolute Gasteiger partial charge is 0.105 e. The number of nitrogens with zero attached hydrogens (tertiary/aromatic N) is 1. The lowest BCUT2D eigenvalue weighted by molar-refractivity contribution is 1.11. The SMILES string of the molecule is C=C1CN=C(Cc2ccc(N)c(N)c2)N1. The molecule has 1 heterocycles. The van der Waals surface area contributed by atoms with Gasteiger partial charge in [0.2, 0.25) is 0 Å². The van der Waals surface area contributed by atoms with E-state index in [0.29, 0.717) is 17.9 Å². The highest BCUT2D eigenvalue weighted by Crippen LogP contribution is 2.17. The lowest BCUT2D eigenvalue weighted by Gasteiger charge is -2.05. The first-order valence-corrected chi connectivity index (χ1v) is 4.77. The minimum Gasteiger partial charge on any atom is -0.397 e. The summed E-state index contributed by atoms with van der Waals surface area (Å²) in [6.45, 7) is 4.47. The van der Waals surface area contributed by atoms with Crippen LogP contribution in [0.2, 0.25) is 0 Å². The molecule has 1 aliphatic rings. The first kappa shape index (κ1) is 9.58. The van der Waals surface area contributed by atoms with Crippen LogP contribution in [-0.2, 0) is 6.42 Å². The molecule has 78 valence electrons. The summed E-state index contributed by atoms with van der Waals surface area (Å²) in [5.74, 6) is 0.934. The number of nitrogens with two attached hydrogens (primary N) is 2. The number of hydrogen-bond acceptors (Lipinski definition) is 4. The summed E-state index contributed by atoms with van der Waals surface area (Å²) in [6, 6.07) is 5.65. The van der Waals surface area contributed by atoms with Crippen molar-refractivity contribution in [3.05, 3.63) is 36.0 Å². The van der Waals surface area contributed by atoms with Crippen LogP contribution in [0.3, 0.4) is 0 Å². The summed E-state index contributed by atoms with van der Waals surface area (Å²) in [7, 11) is 0. The van der Waals surface area contributed by atoms with E-state index in [2.05, 4.69) is 16.9 Å². The van der Waals surface area contributed by atoms with Gasteiger partial charge >= 0.3 is 0 Å². The average Bonchev–Trinajstić information content (AvgIpc) is 2.58. The molecule has 4 nitrogen and oxygen atoms in total. The Bertz CT molecular complexity index is 434. The Kier molecular flexibility index (Phi) is 2.33. The number of hydrogen-bond donors (Lipinski definition) is 3. The number of aliphatic imine (C=N–C) groups is 1. The Hall–Kier alpha value is -1.97. The summed E-state index contributed by atoms with van der Waals surface area (Å²) in [5.41, 5.74) is 14.6. The summed E-state index contributed by atoms with van der Waals surface area (Å²) in [5, 5.41) is 3.12. The van der Waals surface area contributed by atoms with Gasteiger partial charge in [-0.2, -0.15) is 0 Å². The summed E-state index contributed by atoms with van der Waals surface area (Å²) in [4.78, 5) is 4.30. The van der Waals surface area contributed by atoms with Crippen LogP contribution >= 0.6 is 0 Å². The van der Waals surface area contributed by atoms with Crippen LogP contribution in [0.5, 0.6) is 0 Å². The molecule has 0 amide bonds. The highest BCUT2D eigenvalue weighted by Gasteiger charge is 2.09. The van der Waals surface area contributed by atoms with E-state index < -0.39 is 0 Å². The van der Waals surface area contributed by atoms with Crippen LogP contribution < -0.4 is 16.8 Å². The Morgan fingerprint density at radius 2 is 2.13 bits per heavy atom. The van der Waals surface area contributed by atoms with E-state index in [9.17, 15) is 0 Å². The fourth-order valence-corrected chi connectivity index (χ4v) is 1.50. The first-order chi connectivity index (χ1) is 7.15. The lowest BCUT2D eigenvalue weighted by Crippen LogP contribution is -2.18. The van der Waals surface area contributed by atoms with Crippen LogP contribution in [0.15, 0.2) is 35.5 Å². The van der Waals surface area contributed by atoms with Crippen molar-refractivity contribution in [3.63, 3.8) is 0 Å². The van der Waals surface area contributed by atoms with Crippen LogP contribution in [0.4, 0.5) is 11.4 Å². The van der Waals surface area contributed by atoms with Gasteiger partial charge in [0.05, 0.1) is 17.9 Å². The van der Waals surface area contributed by atoms with Gasteiger partial charge in [0.25, 0.3) is 0 Å². The topological polar surface area (TPSA) is 76.4 Å². The lowest BCUT2D eigenvalue weighted by atomic mass is 10.1. The summed E-state index contributed by atoms with van der Waals surface area (Å²) in [6.07, 6.45) is 0.740. The molecule has 0 spiro atoms. The van der Waals surface area contributed by atoms with Gasteiger partial charge in [-0.1, -0.05) is 12.6 Å². The molecule has 0 radical (unpaired) electrons. The molecule has 5 N–H and O–H groups in total. The standard InChI is InChI=1S/C11H14N4/c1-7-6-14-11(15-7)5-8-2-3-9(12)10(13)4-8/h2-4H,1,5-6,12-13H2,(H,14,15). The van der Waals surface area contributed by atoms with Crippen molar-refractivity contribution in [2.75, 3.05) is 18.0 Å². The molecule has 0 saturated carbocycles. The van der Waals surface area contributed by atoms with Crippen molar-refractivity contribution >= 4 is 17.2 Å². The highest BCUT2D eigenvalue weighted by molar-refractivity contribution is 5.88. The fraction of sp³-hybridized carbons (Fsp3) is 0.182. The van der Waals surface area contributed by atoms with E-state index in [1.807, 2.05) is 18.2 Å². The van der Waals surface area contributed by atoms with Crippen LogP contribution in [0, 0.1) is 0 Å². The minimum atomic E-state index is 0.615. The van der Waals surface area contributed by atoms with Crippen LogP contribution in [0.25, 0.3) is 0 Å². The van der Waals surface area contributed by atoms with Crippen molar-refractivity contribution in [2.45, 2.75) is 6.42 Å². The Balaban J connectivity index is 2.11. The molecule has 2 rings (SSSR count). The Morgan fingerprint density at radius 3 is 2.73 bits per heavy atom. The zero-order valence-electron chi connectivity index (χ0n) is 8.46. The fourth-order valence-electron chi connectivity index (χ4n) is 1.50. The van der Waals surface area contributed by atoms with E-state index in [1.54, 1.807) is 0 Å². The molecule has 1 aliphatic heterocycles. The highest BCUT2D eigenvalue weighted by atomic mass is 15.1. The normalized spacial score (nSPS) is 14.9. The van der Waals surface area contributed by atoms with Crippen molar-refractivity contribution < 1.29 is 0 Å². The van der Waals surface area contributed by atoms with Crippen LogP contribution in [-0.4, -0.2) is 12.4 Å². The molecule has 0 unspecified atom stereocenters. The Morgan fingerprint density at radius 1 is 1.33 bits per heavy atom. The largest absolute Gasteiger partial charge is 0.397 e. The molecule has 0 saturated heterocycles. The zero-order chi connectivity index (χ0) is 10.8. The first-order valence-electron chi connectivity index (χ1n) is 4.77. The number of amidine groups is 1. The molecule has 15 heavy (non-hydrogen) atoms. The van der Waals surface area contributed by atoms with Gasteiger partial charge in [-0.3, -0.25) is 4.99 Å². The number of benzene rings is 1. The maximum atomic E-state index is 5.72. The van der Waals surface area contributed by atoms with Gasteiger partial charge < -0.3 is 16.8 Å². The van der Waals surface area contributed by atoms with Gasteiger partial charge in [-0.25, -0.2) is 0 Å². The number of rotatable bonds is 2. The zero-order valence-corrected chi connectivity index (χ0v) is 8.46. The molecule has 0 aromatic heterocycles. The number of nitrogens with one attached hydrogen (secondary N) is 1. The van der Waals surface area contributed by atoms with Crippen molar-refractivity contribution in [1.82, 2.24) is 5.32 Å². The number of nitrogen functional groups attached to an aromatic ring is 2. The molecular formula is C11H14N4. The molecule has 0 bridgehead atoms. The molecule has 0 atom stereocenters. The van der Waals surface area contributed by atoms with Crippen molar-refractivity contribution in [3.8, 4) is 0 Å². The van der Waals surface area contributed by atoms with Crippen LogP contribution in [0.1, 0.15) is 5.56 Å². The predicted octanol–water partition coefficient (Wildman–Crippen LogP) is 0.909. The van der Waals surface area contributed by atoms with Gasteiger partial charge in [0, 0.05) is 12.1 Å². The molecular weight excluding hydrogens is 188 g/mol. The molecule has 1 aromatic rings. The predicted molar refractivity (Wildman–Crippen MR) is 63.5 cm³/mol. The molecule has 0 fully saturated rings. The van der Waals surface area contributed by atoms with E-state index in [4.69, 9.17) is 11.5 Å². The third-order valence-corrected chi connectivity index (χ3v) is 2.30. The molecule has 4 heteroatoms. The van der Waals surface area contributed by atoms with Crippen molar-refractivity contribution in [1.29, 1.82) is 0 Å².